The van der Waals surface area contributed by atoms with Gasteiger partial charge in [0.15, 0.2) is 0 Å². The highest BCUT2D eigenvalue weighted by Crippen LogP contribution is 2.22. The van der Waals surface area contributed by atoms with Gasteiger partial charge in [0.1, 0.15) is 5.82 Å². The van der Waals surface area contributed by atoms with Crippen LogP contribution in [0, 0.1) is 6.92 Å². The molecular weight excluding hydrogens is 260 g/mol. The first-order chi connectivity index (χ1) is 9.19. The van der Waals surface area contributed by atoms with Gasteiger partial charge in [-0.1, -0.05) is 6.07 Å². The number of aryl methyl sites for hydroxylation is 3. The molecule has 4 nitrogen and oxygen atoms in total. The van der Waals surface area contributed by atoms with E-state index in [9.17, 15) is 0 Å². The van der Waals surface area contributed by atoms with Crippen LogP contribution in [0.25, 0.3) is 16.7 Å². The maximum Gasteiger partial charge on any atom is 0.115 e. The summed E-state index contributed by atoms with van der Waals surface area (Å²) < 4.78 is 3.93. The summed E-state index contributed by atoms with van der Waals surface area (Å²) in [5.74, 6) is 1.53. The summed E-state index contributed by atoms with van der Waals surface area (Å²) in [6, 6.07) is 6.27. The third-order valence-electron chi connectivity index (χ3n) is 3.15. The van der Waals surface area contributed by atoms with Crippen LogP contribution in [-0.2, 0) is 13.5 Å². The highest BCUT2D eigenvalue weighted by Gasteiger charge is 2.13. The molecule has 2 aromatic heterocycles. The number of rotatable bonds is 3. The molecule has 0 aliphatic rings. The zero-order valence-corrected chi connectivity index (χ0v) is 11.7. The Labute approximate surface area is 116 Å². The van der Waals surface area contributed by atoms with Crippen LogP contribution in [0.3, 0.4) is 0 Å². The van der Waals surface area contributed by atoms with Crippen molar-refractivity contribution in [1.82, 2.24) is 19.3 Å². The minimum atomic E-state index is 0.558. The molecule has 2 heterocycles. The van der Waals surface area contributed by atoms with Crippen molar-refractivity contribution in [1.29, 1.82) is 0 Å². The Morgan fingerprint density at radius 3 is 2.84 bits per heavy atom. The normalized spacial score (nSPS) is 11.3. The van der Waals surface area contributed by atoms with Gasteiger partial charge in [0, 0.05) is 25.5 Å². The Morgan fingerprint density at radius 2 is 2.16 bits per heavy atom. The number of alkyl halides is 1. The fourth-order valence-electron chi connectivity index (χ4n) is 2.30. The molecule has 0 fully saturated rings. The minimum absolute atomic E-state index is 0.558. The second-order valence-corrected chi connectivity index (χ2v) is 5.04. The van der Waals surface area contributed by atoms with Crippen LogP contribution in [-0.4, -0.2) is 25.2 Å². The molecule has 3 rings (SSSR count). The second kappa shape index (κ2) is 4.70. The monoisotopic (exact) mass is 274 g/mol. The number of fused-ring (bicyclic) bond motifs is 1. The van der Waals surface area contributed by atoms with Gasteiger partial charge in [0.05, 0.1) is 22.9 Å². The Morgan fingerprint density at radius 1 is 1.32 bits per heavy atom. The van der Waals surface area contributed by atoms with E-state index < -0.39 is 0 Å². The van der Waals surface area contributed by atoms with Crippen molar-refractivity contribution >= 4 is 22.6 Å². The highest BCUT2D eigenvalue weighted by molar-refractivity contribution is 6.17. The number of imidazole rings is 1. The van der Waals surface area contributed by atoms with Crippen LogP contribution in [0.1, 0.15) is 11.4 Å². The van der Waals surface area contributed by atoms with Gasteiger partial charge < -0.3 is 0 Å². The van der Waals surface area contributed by atoms with Gasteiger partial charge in [-0.15, -0.1) is 11.6 Å². The third-order valence-corrected chi connectivity index (χ3v) is 3.34. The maximum absolute atomic E-state index is 5.89. The first-order valence-corrected chi connectivity index (χ1v) is 6.75. The lowest BCUT2D eigenvalue weighted by Gasteiger charge is -2.05. The first kappa shape index (κ1) is 12.2. The quantitative estimate of drug-likeness (QED) is 0.689. The molecule has 0 bridgehead atoms. The topological polar surface area (TPSA) is 35.6 Å². The van der Waals surface area contributed by atoms with Crippen molar-refractivity contribution in [3.05, 3.63) is 42.0 Å². The summed E-state index contributed by atoms with van der Waals surface area (Å²) in [6.07, 6.45) is 4.58. The maximum atomic E-state index is 5.89. The molecule has 0 aliphatic heterocycles. The molecular formula is C14H15ClN4. The molecule has 0 N–H and O–H groups in total. The SMILES string of the molecule is Cc1ccc2nc(CCCl)n(-c3cnn(C)c3)c2c1. The van der Waals surface area contributed by atoms with Crippen molar-refractivity contribution in [2.75, 3.05) is 5.88 Å². The zero-order chi connectivity index (χ0) is 13.4. The third kappa shape index (κ3) is 2.12. The van der Waals surface area contributed by atoms with Gasteiger partial charge in [-0.3, -0.25) is 9.25 Å². The molecule has 3 aromatic rings. The van der Waals surface area contributed by atoms with Crippen LogP contribution < -0.4 is 0 Å². The van der Waals surface area contributed by atoms with Crippen LogP contribution in [0.4, 0.5) is 0 Å². The predicted octanol–water partition coefficient (Wildman–Crippen LogP) is 2.85. The van der Waals surface area contributed by atoms with Crippen LogP contribution in [0.5, 0.6) is 0 Å². The minimum Gasteiger partial charge on any atom is -0.293 e. The number of nitrogens with zero attached hydrogens (tertiary/aromatic N) is 4. The van der Waals surface area contributed by atoms with E-state index in [0.717, 1.165) is 29.0 Å². The van der Waals surface area contributed by atoms with Gasteiger partial charge in [0.2, 0.25) is 0 Å². The largest absolute Gasteiger partial charge is 0.293 e. The van der Waals surface area contributed by atoms with Gasteiger partial charge in [-0.25, -0.2) is 4.98 Å². The van der Waals surface area contributed by atoms with Crippen molar-refractivity contribution in [2.24, 2.45) is 7.05 Å². The number of aromatic nitrogens is 4. The van der Waals surface area contributed by atoms with Crippen LogP contribution in [0.2, 0.25) is 0 Å². The number of hydrogen-bond acceptors (Lipinski definition) is 2. The van der Waals surface area contributed by atoms with Crippen molar-refractivity contribution in [2.45, 2.75) is 13.3 Å². The molecule has 19 heavy (non-hydrogen) atoms. The molecule has 1 aromatic carbocycles. The van der Waals surface area contributed by atoms with E-state index in [0.29, 0.717) is 5.88 Å². The fourth-order valence-corrected chi connectivity index (χ4v) is 2.47. The number of benzene rings is 1. The molecule has 0 radical (unpaired) electrons. The van der Waals surface area contributed by atoms with E-state index >= 15 is 0 Å². The first-order valence-electron chi connectivity index (χ1n) is 6.22. The average molecular weight is 275 g/mol. The second-order valence-electron chi connectivity index (χ2n) is 4.67. The summed E-state index contributed by atoms with van der Waals surface area (Å²) in [4.78, 5) is 4.67. The molecule has 0 saturated carbocycles. The fraction of sp³-hybridized carbons (Fsp3) is 0.286. The highest BCUT2D eigenvalue weighted by atomic mass is 35.5. The van der Waals surface area contributed by atoms with E-state index in [1.807, 2.05) is 19.4 Å². The predicted molar refractivity (Wildman–Crippen MR) is 77.0 cm³/mol. The van der Waals surface area contributed by atoms with Gasteiger partial charge in [-0.2, -0.15) is 5.10 Å². The van der Waals surface area contributed by atoms with E-state index in [4.69, 9.17) is 11.6 Å². The van der Waals surface area contributed by atoms with Crippen LogP contribution >= 0.6 is 11.6 Å². The molecule has 0 saturated heterocycles. The van der Waals surface area contributed by atoms with Gasteiger partial charge >= 0.3 is 0 Å². The zero-order valence-electron chi connectivity index (χ0n) is 11.0. The summed E-state index contributed by atoms with van der Waals surface area (Å²) in [5, 5.41) is 4.24. The van der Waals surface area contributed by atoms with E-state index in [1.165, 1.54) is 5.56 Å². The Hall–Kier alpha value is -1.81. The van der Waals surface area contributed by atoms with Crippen molar-refractivity contribution in [3.63, 3.8) is 0 Å². The Bertz CT molecular complexity index is 726. The molecule has 5 heteroatoms. The average Bonchev–Trinajstić information content (AvgIpc) is 2.93. The molecule has 0 amide bonds. The molecule has 0 atom stereocenters. The lowest BCUT2D eigenvalue weighted by Crippen LogP contribution is -2.01. The van der Waals surface area contributed by atoms with E-state index in [-0.39, 0.29) is 0 Å². The summed E-state index contributed by atoms with van der Waals surface area (Å²) in [7, 11) is 1.91. The standard InChI is InChI=1S/C14H15ClN4/c1-10-3-4-12-13(7-10)19(14(17-12)5-6-15)11-8-16-18(2)9-11/h3-4,7-9H,5-6H2,1-2H3. The number of halogens is 1. The molecule has 0 unspecified atom stereocenters. The summed E-state index contributed by atoms with van der Waals surface area (Å²) in [5.41, 5.74) is 4.34. The lowest BCUT2D eigenvalue weighted by atomic mass is 10.2. The van der Waals surface area contributed by atoms with Crippen LogP contribution in [0.15, 0.2) is 30.6 Å². The summed E-state index contributed by atoms with van der Waals surface area (Å²) >= 11 is 5.89. The molecule has 98 valence electrons. The van der Waals surface area contributed by atoms with Gasteiger partial charge in [0.25, 0.3) is 0 Å². The molecule has 0 spiro atoms. The summed E-state index contributed by atoms with van der Waals surface area (Å²) in [6.45, 7) is 2.08. The van der Waals surface area contributed by atoms with Crippen molar-refractivity contribution in [3.8, 4) is 5.69 Å². The lowest BCUT2D eigenvalue weighted by molar-refractivity contribution is 0.767. The van der Waals surface area contributed by atoms with E-state index in [1.54, 1.807) is 4.68 Å². The number of hydrogen-bond donors (Lipinski definition) is 0. The Balaban J connectivity index is 2.29. The smallest absolute Gasteiger partial charge is 0.115 e. The van der Waals surface area contributed by atoms with Crippen molar-refractivity contribution < 1.29 is 0 Å². The van der Waals surface area contributed by atoms with Gasteiger partial charge in [-0.05, 0) is 24.6 Å². The Kier molecular flexibility index (Phi) is 3.03. The molecule has 0 aliphatic carbocycles. The van der Waals surface area contributed by atoms with E-state index in [2.05, 4.69) is 39.8 Å².